The molecule has 0 saturated carbocycles. The first-order valence-electron chi connectivity index (χ1n) is 10.8. The summed E-state index contributed by atoms with van der Waals surface area (Å²) in [6, 6.07) is 13.8. The highest BCUT2D eigenvalue weighted by atomic mass is 35.5. The fourth-order valence-electron chi connectivity index (χ4n) is 3.32. The Morgan fingerprint density at radius 1 is 1.14 bits per heavy atom. The van der Waals surface area contributed by atoms with Crippen LogP contribution in [-0.4, -0.2) is 38.7 Å². The summed E-state index contributed by atoms with van der Waals surface area (Å²) in [5.41, 5.74) is 2.12. The molecule has 4 rings (SSSR count). The lowest BCUT2D eigenvalue weighted by molar-refractivity contribution is 0.0529. The van der Waals surface area contributed by atoms with Crippen LogP contribution < -0.4 is 10.1 Å². The van der Waals surface area contributed by atoms with Gasteiger partial charge in [-0.05, 0) is 60.2 Å². The zero-order valence-corrected chi connectivity index (χ0v) is 20.6. The van der Waals surface area contributed by atoms with Crippen LogP contribution in [0, 0.1) is 0 Å². The summed E-state index contributed by atoms with van der Waals surface area (Å²) in [6.07, 6.45) is 0. The van der Waals surface area contributed by atoms with Crippen LogP contribution in [0.25, 0.3) is 11.1 Å². The molecule has 0 atom stereocenters. The van der Waals surface area contributed by atoms with E-state index in [-0.39, 0.29) is 19.1 Å². The highest BCUT2D eigenvalue weighted by molar-refractivity contribution is 7.15. The molecule has 0 bridgehead atoms. The molecule has 0 radical (unpaired) electrons. The number of aryl methyl sites for hydroxylation is 1. The van der Waals surface area contributed by atoms with Gasteiger partial charge in [0.1, 0.15) is 22.9 Å². The Bertz CT molecular complexity index is 1340. The monoisotopic (exact) mass is 511 g/mol. The maximum atomic E-state index is 13.1. The van der Waals surface area contributed by atoms with Crippen LogP contribution in [0.3, 0.4) is 0 Å². The number of halogens is 1. The number of ether oxygens (including phenoxy) is 2. The average Bonchev–Trinajstić information content (AvgIpc) is 3.50. The van der Waals surface area contributed by atoms with Gasteiger partial charge in [0.05, 0.1) is 6.61 Å². The number of thiophene rings is 1. The predicted octanol–water partition coefficient (Wildman–Crippen LogP) is 5.08. The van der Waals surface area contributed by atoms with E-state index in [0.29, 0.717) is 44.8 Å². The number of benzene rings is 2. The molecule has 2 heterocycles. The van der Waals surface area contributed by atoms with Crippen molar-refractivity contribution in [2.24, 2.45) is 0 Å². The zero-order chi connectivity index (χ0) is 24.8. The van der Waals surface area contributed by atoms with Crippen molar-refractivity contribution >= 4 is 39.8 Å². The Kier molecular flexibility index (Phi) is 7.74. The van der Waals surface area contributed by atoms with Crippen molar-refractivity contribution in [3.8, 4) is 16.9 Å². The third kappa shape index (κ3) is 5.67. The molecule has 0 unspecified atom stereocenters. The molecule has 4 aromatic rings. The number of hydrogen-bond acceptors (Lipinski definition) is 8. The minimum Gasteiger partial charge on any atom is -0.486 e. The number of tetrazole rings is 1. The van der Waals surface area contributed by atoms with Crippen LogP contribution in [0.1, 0.15) is 40.4 Å². The maximum Gasteiger partial charge on any atom is 0.341 e. The molecule has 0 aliphatic rings. The fraction of sp³-hybridized carbons (Fsp3) is 0.208. The molecule has 1 N–H and O–H groups in total. The summed E-state index contributed by atoms with van der Waals surface area (Å²) < 4.78 is 12.7. The van der Waals surface area contributed by atoms with Gasteiger partial charge in [-0.2, -0.15) is 0 Å². The van der Waals surface area contributed by atoms with Gasteiger partial charge in [-0.1, -0.05) is 29.8 Å². The number of rotatable bonds is 9. The number of aromatic nitrogens is 4. The molecule has 0 aliphatic carbocycles. The third-order valence-electron chi connectivity index (χ3n) is 5.02. The van der Waals surface area contributed by atoms with Gasteiger partial charge >= 0.3 is 5.97 Å². The van der Waals surface area contributed by atoms with E-state index in [9.17, 15) is 9.59 Å². The Hall–Kier alpha value is -3.76. The first kappa shape index (κ1) is 24.4. The van der Waals surface area contributed by atoms with Gasteiger partial charge in [0.25, 0.3) is 5.91 Å². The van der Waals surface area contributed by atoms with Crippen molar-refractivity contribution < 1.29 is 19.1 Å². The van der Waals surface area contributed by atoms with Crippen LogP contribution >= 0.6 is 22.9 Å². The molecule has 35 heavy (non-hydrogen) atoms. The first-order chi connectivity index (χ1) is 17.0. The van der Waals surface area contributed by atoms with E-state index in [1.165, 1.54) is 11.3 Å². The number of esters is 1. The quantitative estimate of drug-likeness (QED) is 0.312. The summed E-state index contributed by atoms with van der Waals surface area (Å²) >= 11 is 7.25. The van der Waals surface area contributed by atoms with E-state index in [1.807, 2.05) is 24.4 Å². The summed E-state index contributed by atoms with van der Waals surface area (Å²) in [4.78, 5) is 25.8. The Morgan fingerprint density at radius 3 is 2.69 bits per heavy atom. The second kappa shape index (κ2) is 11.1. The zero-order valence-electron chi connectivity index (χ0n) is 19.0. The van der Waals surface area contributed by atoms with Gasteiger partial charge < -0.3 is 14.8 Å². The molecule has 2 aromatic heterocycles. The molecule has 9 nitrogen and oxygen atoms in total. The molecule has 0 aliphatic heterocycles. The molecule has 180 valence electrons. The molecule has 0 saturated heterocycles. The van der Waals surface area contributed by atoms with Gasteiger partial charge in [-0.3, -0.25) is 4.79 Å². The van der Waals surface area contributed by atoms with Gasteiger partial charge in [0, 0.05) is 28.1 Å². The van der Waals surface area contributed by atoms with E-state index < -0.39 is 5.97 Å². The maximum absolute atomic E-state index is 13.1. The second-order valence-electron chi connectivity index (χ2n) is 7.26. The molecular formula is C24H22ClN5O4S. The SMILES string of the molecule is CCOC(=O)c1c(-c2ccc(Cl)cc2)csc1NC(=O)c1cccc(OCc2nnnn2CC)c1. The van der Waals surface area contributed by atoms with Crippen molar-refractivity contribution in [2.75, 3.05) is 11.9 Å². The smallest absolute Gasteiger partial charge is 0.341 e. The van der Waals surface area contributed by atoms with Gasteiger partial charge in [0.15, 0.2) is 5.82 Å². The summed E-state index contributed by atoms with van der Waals surface area (Å²) in [5, 5.41) is 17.1. The van der Waals surface area contributed by atoms with Gasteiger partial charge in [-0.25, -0.2) is 9.48 Å². The van der Waals surface area contributed by atoms with E-state index in [1.54, 1.807) is 48.0 Å². The predicted molar refractivity (Wildman–Crippen MR) is 133 cm³/mol. The summed E-state index contributed by atoms with van der Waals surface area (Å²) in [7, 11) is 0. The molecule has 11 heteroatoms. The lowest BCUT2D eigenvalue weighted by Crippen LogP contribution is -2.15. The Labute approximate surface area is 210 Å². The lowest BCUT2D eigenvalue weighted by Gasteiger charge is -2.10. The van der Waals surface area contributed by atoms with Crippen LogP contribution in [0.15, 0.2) is 53.9 Å². The number of anilines is 1. The van der Waals surface area contributed by atoms with Crippen LogP contribution in [0.2, 0.25) is 5.02 Å². The molecule has 0 spiro atoms. The standard InChI is InChI=1S/C24H22ClN5O4S/c1-3-30-20(27-28-29-30)13-34-18-7-5-6-16(12-18)22(31)26-23-21(24(32)33-4-2)19(14-35-23)15-8-10-17(25)11-9-15/h5-12,14H,3-4,13H2,1-2H3,(H,26,31). The molecule has 0 fully saturated rings. The van der Waals surface area contributed by atoms with Crippen molar-refractivity contribution in [1.82, 2.24) is 20.2 Å². The number of carbonyl (C=O) groups is 2. The molecular weight excluding hydrogens is 490 g/mol. The van der Waals surface area contributed by atoms with Crippen LogP contribution in [0.4, 0.5) is 5.00 Å². The van der Waals surface area contributed by atoms with Crippen molar-refractivity contribution in [3.05, 3.63) is 75.9 Å². The van der Waals surface area contributed by atoms with E-state index in [2.05, 4.69) is 20.8 Å². The van der Waals surface area contributed by atoms with Crippen molar-refractivity contribution in [1.29, 1.82) is 0 Å². The fourth-order valence-corrected chi connectivity index (χ4v) is 4.40. The number of hydrogen-bond donors (Lipinski definition) is 1. The first-order valence-corrected chi connectivity index (χ1v) is 12.1. The average molecular weight is 512 g/mol. The van der Waals surface area contributed by atoms with Crippen LogP contribution in [-0.2, 0) is 17.9 Å². The Morgan fingerprint density at radius 2 is 1.94 bits per heavy atom. The number of amides is 1. The van der Waals surface area contributed by atoms with E-state index in [4.69, 9.17) is 21.1 Å². The van der Waals surface area contributed by atoms with Gasteiger partial charge in [-0.15, -0.1) is 16.4 Å². The minimum absolute atomic E-state index is 0.161. The minimum atomic E-state index is -0.514. The highest BCUT2D eigenvalue weighted by Gasteiger charge is 2.23. The van der Waals surface area contributed by atoms with E-state index in [0.717, 1.165) is 5.56 Å². The summed E-state index contributed by atoms with van der Waals surface area (Å²) in [5.74, 6) is 0.167. The largest absolute Gasteiger partial charge is 0.486 e. The lowest BCUT2D eigenvalue weighted by atomic mass is 10.0. The number of nitrogens with one attached hydrogen (secondary N) is 1. The molecule has 2 aromatic carbocycles. The second-order valence-corrected chi connectivity index (χ2v) is 8.58. The van der Waals surface area contributed by atoms with E-state index >= 15 is 0 Å². The van der Waals surface area contributed by atoms with Crippen molar-refractivity contribution in [3.63, 3.8) is 0 Å². The summed E-state index contributed by atoms with van der Waals surface area (Å²) in [6.45, 7) is 4.65. The molecule has 1 amide bonds. The Balaban J connectivity index is 1.55. The third-order valence-corrected chi connectivity index (χ3v) is 6.17. The number of carbonyl (C=O) groups excluding carboxylic acids is 2. The topological polar surface area (TPSA) is 108 Å². The van der Waals surface area contributed by atoms with Crippen LogP contribution in [0.5, 0.6) is 5.75 Å². The van der Waals surface area contributed by atoms with Crippen molar-refractivity contribution in [2.45, 2.75) is 27.0 Å². The number of nitrogens with zero attached hydrogens (tertiary/aromatic N) is 4. The van der Waals surface area contributed by atoms with Gasteiger partial charge in [0.2, 0.25) is 0 Å². The normalized spacial score (nSPS) is 10.7. The highest BCUT2D eigenvalue weighted by Crippen LogP contribution is 2.37.